The maximum absolute atomic E-state index is 9.77. The Bertz CT molecular complexity index is 697. The normalized spacial score (nSPS) is 24.8. The summed E-state index contributed by atoms with van der Waals surface area (Å²) in [6.07, 6.45) is 4.89. The molecular formula is C21H26ClNO. The third-order valence-electron chi connectivity index (χ3n) is 5.74. The summed E-state index contributed by atoms with van der Waals surface area (Å²) >= 11 is 0. The van der Waals surface area contributed by atoms with Crippen LogP contribution < -0.4 is 5.32 Å². The van der Waals surface area contributed by atoms with Crippen LogP contribution in [0.15, 0.2) is 42.5 Å². The van der Waals surface area contributed by atoms with Crippen LogP contribution >= 0.6 is 12.4 Å². The van der Waals surface area contributed by atoms with Crippen molar-refractivity contribution in [3.63, 3.8) is 0 Å². The highest BCUT2D eigenvalue weighted by atomic mass is 35.5. The van der Waals surface area contributed by atoms with E-state index in [0.717, 1.165) is 25.3 Å². The van der Waals surface area contributed by atoms with Gasteiger partial charge in [0.1, 0.15) is 5.75 Å². The maximum Gasteiger partial charge on any atom is 0.115 e. The molecule has 3 unspecified atom stereocenters. The summed E-state index contributed by atoms with van der Waals surface area (Å²) in [5.74, 6) is 1.84. The van der Waals surface area contributed by atoms with Crippen molar-refractivity contribution < 1.29 is 5.11 Å². The minimum absolute atomic E-state index is 0. The van der Waals surface area contributed by atoms with Crippen molar-refractivity contribution >= 4 is 12.4 Å². The predicted molar refractivity (Wildman–Crippen MR) is 101 cm³/mol. The second-order valence-corrected chi connectivity index (χ2v) is 7.35. The molecule has 2 bridgehead atoms. The topological polar surface area (TPSA) is 32.3 Å². The summed E-state index contributed by atoms with van der Waals surface area (Å²) in [5, 5.41) is 13.6. The number of fused-ring (bicyclic) bond motifs is 3. The number of aromatic hydroxyl groups is 1. The largest absolute Gasteiger partial charge is 0.508 e. The van der Waals surface area contributed by atoms with E-state index in [0.29, 0.717) is 17.7 Å². The number of rotatable bonds is 3. The molecule has 2 aromatic rings. The predicted octanol–water partition coefficient (Wildman–Crippen LogP) is 4.41. The van der Waals surface area contributed by atoms with E-state index in [1.165, 1.54) is 35.1 Å². The fourth-order valence-electron chi connectivity index (χ4n) is 4.47. The van der Waals surface area contributed by atoms with Gasteiger partial charge in [0.2, 0.25) is 0 Å². The van der Waals surface area contributed by atoms with Gasteiger partial charge in [0.25, 0.3) is 0 Å². The number of phenolic OH excluding ortho intramolecular Hbond substituents is 1. The van der Waals surface area contributed by atoms with Crippen LogP contribution in [0.3, 0.4) is 0 Å². The van der Waals surface area contributed by atoms with Gasteiger partial charge in [-0.25, -0.2) is 0 Å². The van der Waals surface area contributed by atoms with Crippen LogP contribution in [0, 0.1) is 18.8 Å². The Kier molecular flexibility index (Phi) is 5.17. The first-order valence-electron chi connectivity index (χ1n) is 8.79. The second-order valence-electron chi connectivity index (χ2n) is 7.35. The highest BCUT2D eigenvalue weighted by Gasteiger charge is 2.38. The molecule has 2 N–H and O–H groups in total. The van der Waals surface area contributed by atoms with Gasteiger partial charge >= 0.3 is 0 Å². The number of halogens is 1. The first kappa shape index (κ1) is 17.3. The third-order valence-corrected chi connectivity index (χ3v) is 5.74. The monoisotopic (exact) mass is 343 g/mol. The molecule has 3 atom stereocenters. The Hall–Kier alpha value is -1.51. The van der Waals surface area contributed by atoms with Gasteiger partial charge in [0.05, 0.1) is 0 Å². The molecular weight excluding hydrogens is 318 g/mol. The molecule has 3 heteroatoms. The van der Waals surface area contributed by atoms with Gasteiger partial charge in [-0.15, -0.1) is 12.4 Å². The molecule has 0 spiro atoms. The highest BCUT2D eigenvalue weighted by molar-refractivity contribution is 5.85. The van der Waals surface area contributed by atoms with Gasteiger partial charge in [-0.1, -0.05) is 35.9 Å². The van der Waals surface area contributed by atoms with Crippen LogP contribution in [0.1, 0.15) is 35.1 Å². The molecule has 1 fully saturated rings. The zero-order chi connectivity index (χ0) is 15.8. The smallest absolute Gasteiger partial charge is 0.115 e. The van der Waals surface area contributed by atoms with E-state index < -0.39 is 0 Å². The van der Waals surface area contributed by atoms with E-state index in [9.17, 15) is 5.11 Å². The van der Waals surface area contributed by atoms with Gasteiger partial charge in [0, 0.05) is 12.6 Å². The lowest BCUT2D eigenvalue weighted by molar-refractivity contribution is 0.340. The van der Waals surface area contributed by atoms with Crippen LogP contribution in [0.25, 0.3) is 0 Å². The molecule has 0 amide bonds. The lowest BCUT2D eigenvalue weighted by atomic mass is 9.93. The van der Waals surface area contributed by atoms with Gasteiger partial charge in [-0.3, -0.25) is 0 Å². The lowest BCUT2D eigenvalue weighted by Crippen LogP contribution is -2.37. The Labute approximate surface area is 150 Å². The molecule has 4 rings (SSSR count). The SMILES string of the molecule is Cc1ccc(CNC2C3CCC2Cc2cc(O)ccc2C3)cc1.Cl. The van der Waals surface area contributed by atoms with E-state index in [-0.39, 0.29) is 12.4 Å². The van der Waals surface area contributed by atoms with Crippen molar-refractivity contribution in [1.82, 2.24) is 5.32 Å². The molecule has 2 aliphatic carbocycles. The molecule has 2 nitrogen and oxygen atoms in total. The molecule has 2 aliphatic rings. The van der Waals surface area contributed by atoms with E-state index in [4.69, 9.17) is 0 Å². The molecule has 0 radical (unpaired) electrons. The number of benzene rings is 2. The molecule has 1 saturated carbocycles. The summed E-state index contributed by atoms with van der Waals surface area (Å²) < 4.78 is 0. The fraction of sp³-hybridized carbons (Fsp3) is 0.429. The van der Waals surface area contributed by atoms with E-state index in [1.54, 1.807) is 0 Å². The average Bonchev–Trinajstić information content (AvgIpc) is 2.82. The quantitative estimate of drug-likeness (QED) is 0.865. The molecule has 128 valence electrons. The summed E-state index contributed by atoms with van der Waals surface area (Å²) in [4.78, 5) is 0. The Morgan fingerprint density at radius 1 is 0.958 bits per heavy atom. The summed E-state index contributed by atoms with van der Waals surface area (Å²) in [5.41, 5.74) is 5.49. The molecule has 0 aliphatic heterocycles. The van der Waals surface area contributed by atoms with E-state index in [1.807, 2.05) is 12.1 Å². The number of aryl methyl sites for hydroxylation is 1. The minimum Gasteiger partial charge on any atom is -0.508 e. The number of hydrogen-bond donors (Lipinski definition) is 2. The van der Waals surface area contributed by atoms with E-state index >= 15 is 0 Å². The van der Waals surface area contributed by atoms with Crippen molar-refractivity contribution in [3.05, 3.63) is 64.7 Å². The first-order chi connectivity index (χ1) is 11.2. The summed E-state index contributed by atoms with van der Waals surface area (Å²) in [6.45, 7) is 3.09. The van der Waals surface area contributed by atoms with Crippen molar-refractivity contribution in [1.29, 1.82) is 0 Å². The summed E-state index contributed by atoms with van der Waals surface area (Å²) in [7, 11) is 0. The van der Waals surface area contributed by atoms with Crippen LogP contribution in [-0.4, -0.2) is 11.1 Å². The molecule has 0 heterocycles. The van der Waals surface area contributed by atoms with Crippen molar-refractivity contribution in [3.8, 4) is 5.75 Å². The van der Waals surface area contributed by atoms with Crippen LogP contribution in [-0.2, 0) is 19.4 Å². The van der Waals surface area contributed by atoms with Crippen molar-refractivity contribution in [2.45, 2.75) is 45.2 Å². The Morgan fingerprint density at radius 3 is 2.33 bits per heavy atom. The zero-order valence-electron chi connectivity index (χ0n) is 14.2. The van der Waals surface area contributed by atoms with E-state index in [2.05, 4.69) is 42.6 Å². The molecule has 24 heavy (non-hydrogen) atoms. The zero-order valence-corrected chi connectivity index (χ0v) is 15.0. The third kappa shape index (κ3) is 3.45. The Morgan fingerprint density at radius 2 is 1.62 bits per heavy atom. The second kappa shape index (κ2) is 7.16. The van der Waals surface area contributed by atoms with Crippen LogP contribution in [0.5, 0.6) is 5.75 Å². The number of phenols is 1. The molecule has 0 saturated heterocycles. The van der Waals surface area contributed by atoms with Gasteiger partial charge in [-0.2, -0.15) is 0 Å². The van der Waals surface area contributed by atoms with Crippen LogP contribution in [0.4, 0.5) is 0 Å². The summed E-state index contributed by atoms with van der Waals surface area (Å²) in [6, 6.07) is 15.4. The molecule has 0 aromatic heterocycles. The number of hydrogen-bond acceptors (Lipinski definition) is 2. The fourth-order valence-corrected chi connectivity index (χ4v) is 4.47. The number of nitrogens with one attached hydrogen (secondary N) is 1. The van der Waals surface area contributed by atoms with Crippen molar-refractivity contribution in [2.75, 3.05) is 0 Å². The van der Waals surface area contributed by atoms with Crippen LogP contribution in [0.2, 0.25) is 0 Å². The standard InChI is InChI=1S/C21H25NO.ClH/c1-14-2-4-15(5-3-14)13-22-21-17-6-7-18(21)11-19-12-20(23)9-8-16(19)10-17;/h2-5,8-9,12,17-18,21-23H,6-7,10-11,13H2,1H3;1H. The molecule has 2 aromatic carbocycles. The first-order valence-corrected chi connectivity index (χ1v) is 8.79. The minimum atomic E-state index is 0. The lowest BCUT2D eigenvalue weighted by Gasteiger charge is -2.24. The Balaban J connectivity index is 0.00000169. The van der Waals surface area contributed by atoms with Gasteiger partial charge in [-0.05, 0) is 73.3 Å². The van der Waals surface area contributed by atoms with Gasteiger partial charge in [0.15, 0.2) is 0 Å². The maximum atomic E-state index is 9.77. The van der Waals surface area contributed by atoms with Crippen molar-refractivity contribution in [2.24, 2.45) is 11.8 Å². The highest BCUT2D eigenvalue weighted by Crippen LogP contribution is 2.40. The van der Waals surface area contributed by atoms with Gasteiger partial charge < -0.3 is 10.4 Å². The average molecular weight is 344 g/mol.